The molecule has 0 saturated carbocycles. The van der Waals surface area contributed by atoms with E-state index in [4.69, 9.17) is 23.2 Å². The number of rotatable bonds is 5. The Morgan fingerprint density at radius 2 is 2.12 bits per heavy atom. The highest BCUT2D eigenvalue weighted by Gasteiger charge is 2.12. The number of hydrogen-bond donors (Lipinski definition) is 1. The van der Waals surface area contributed by atoms with Crippen molar-refractivity contribution < 1.29 is 4.79 Å². The molecule has 1 amide bonds. The molecule has 0 saturated heterocycles. The number of hydrogen-bond acceptors (Lipinski definition) is 3. The van der Waals surface area contributed by atoms with E-state index < -0.39 is 0 Å². The summed E-state index contributed by atoms with van der Waals surface area (Å²) in [6.45, 7) is 4.91. The van der Waals surface area contributed by atoms with Crippen LogP contribution in [0.15, 0.2) is 6.07 Å². The van der Waals surface area contributed by atoms with E-state index in [1.165, 1.54) is 6.07 Å². The molecule has 0 aliphatic heterocycles. The Morgan fingerprint density at radius 1 is 1.41 bits per heavy atom. The van der Waals surface area contributed by atoms with E-state index in [9.17, 15) is 4.79 Å². The molecular weight excluding hydrogens is 261 g/mol. The van der Waals surface area contributed by atoms with Gasteiger partial charge in [0.2, 0.25) is 0 Å². The molecule has 1 aromatic heterocycles. The Hall–Kier alpha value is -0.870. The number of nitrogens with zero attached hydrogens (tertiary/aromatic N) is 2. The van der Waals surface area contributed by atoms with Crippen molar-refractivity contribution in [2.75, 3.05) is 6.54 Å². The lowest BCUT2D eigenvalue weighted by atomic mass is 10.1. The average molecular weight is 276 g/mol. The molecular formula is C11H15Cl2N3O. The van der Waals surface area contributed by atoms with Crippen LogP contribution in [0, 0.1) is 5.92 Å². The predicted octanol–water partition coefficient (Wildman–Crippen LogP) is 2.95. The first-order valence-electron chi connectivity index (χ1n) is 5.47. The second kappa shape index (κ2) is 6.77. The second-order valence-electron chi connectivity index (χ2n) is 4.16. The average Bonchev–Trinajstić information content (AvgIpc) is 2.27. The highest BCUT2D eigenvalue weighted by molar-refractivity contribution is 6.34. The number of amides is 1. The molecule has 1 rings (SSSR count). The molecule has 1 heterocycles. The van der Waals surface area contributed by atoms with Crippen molar-refractivity contribution in [1.82, 2.24) is 15.5 Å². The van der Waals surface area contributed by atoms with E-state index in [0.717, 1.165) is 12.8 Å². The van der Waals surface area contributed by atoms with E-state index in [2.05, 4.69) is 29.4 Å². The molecule has 1 aromatic rings. The lowest BCUT2D eigenvalue weighted by Gasteiger charge is -2.07. The Morgan fingerprint density at radius 3 is 2.76 bits per heavy atom. The highest BCUT2D eigenvalue weighted by atomic mass is 35.5. The van der Waals surface area contributed by atoms with Gasteiger partial charge in [0.1, 0.15) is 0 Å². The van der Waals surface area contributed by atoms with Crippen molar-refractivity contribution in [2.24, 2.45) is 5.92 Å². The Kier molecular flexibility index (Phi) is 5.65. The van der Waals surface area contributed by atoms with Crippen LogP contribution in [0.25, 0.3) is 0 Å². The van der Waals surface area contributed by atoms with Crippen molar-refractivity contribution in [3.63, 3.8) is 0 Å². The molecule has 0 aromatic carbocycles. The van der Waals surface area contributed by atoms with Crippen LogP contribution in [-0.2, 0) is 0 Å². The SMILES string of the molecule is CC(C)CCCNC(=O)c1cc(Cl)nnc1Cl. The lowest BCUT2D eigenvalue weighted by molar-refractivity contribution is 0.0952. The summed E-state index contributed by atoms with van der Waals surface area (Å²) >= 11 is 11.4. The minimum Gasteiger partial charge on any atom is -0.352 e. The van der Waals surface area contributed by atoms with E-state index >= 15 is 0 Å². The number of aromatic nitrogens is 2. The van der Waals surface area contributed by atoms with Crippen molar-refractivity contribution in [2.45, 2.75) is 26.7 Å². The molecule has 0 atom stereocenters. The molecule has 94 valence electrons. The van der Waals surface area contributed by atoms with E-state index in [0.29, 0.717) is 12.5 Å². The second-order valence-corrected chi connectivity index (χ2v) is 4.91. The third-order valence-corrected chi connectivity index (χ3v) is 2.67. The zero-order valence-electron chi connectivity index (χ0n) is 9.83. The van der Waals surface area contributed by atoms with E-state index in [-0.39, 0.29) is 21.8 Å². The molecule has 0 aliphatic carbocycles. The monoisotopic (exact) mass is 275 g/mol. The number of carbonyl (C=O) groups is 1. The smallest absolute Gasteiger partial charge is 0.254 e. The molecule has 1 N–H and O–H groups in total. The molecule has 0 spiro atoms. The topological polar surface area (TPSA) is 54.9 Å². The first-order chi connectivity index (χ1) is 8.00. The summed E-state index contributed by atoms with van der Waals surface area (Å²) in [6, 6.07) is 1.41. The van der Waals surface area contributed by atoms with Crippen LogP contribution in [0.1, 0.15) is 37.0 Å². The Balaban J connectivity index is 2.49. The summed E-state index contributed by atoms with van der Waals surface area (Å²) in [5.74, 6) is 0.364. The highest BCUT2D eigenvalue weighted by Crippen LogP contribution is 2.15. The molecule has 0 unspecified atom stereocenters. The zero-order valence-corrected chi connectivity index (χ0v) is 11.3. The standard InChI is InChI=1S/C11H15Cl2N3O/c1-7(2)4-3-5-14-11(17)8-6-9(12)15-16-10(8)13/h6-7H,3-5H2,1-2H3,(H,14,17). The Labute approximate surface area is 111 Å². The molecule has 0 radical (unpaired) electrons. The van der Waals surface area contributed by atoms with Crippen LogP contribution in [0.4, 0.5) is 0 Å². The molecule has 0 fully saturated rings. The minimum atomic E-state index is -0.268. The van der Waals surface area contributed by atoms with E-state index in [1.807, 2.05) is 0 Å². The number of halogens is 2. The third kappa shape index (κ3) is 4.88. The van der Waals surface area contributed by atoms with Crippen molar-refractivity contribution in [3.8, 4) is 0 Å². The van der Waals surface area contributed by atoms with Crippen LogP contribution in [-0.4, -0.2) is 22.6 Å². The molecule has 17 heavy (non-hydrogen) atoms. The maximum absolute atomic E-state index is 11.7. The Bertz CT molecular complexity index is 396. The van der Waals surface area contributed by atoms with Gasteiger partial charge in [-0.05, 0) is 24.8 Å². The van der Waals surface area contributed by atoms with Gasteiger partial charge in [0.25, 0.3) is 5.91 Å². The molecule has 4 nitrogen and oxygen atoms in total. The van der Waals surface area contributed by atoms with Gasteiger partial charge in [-0.1, -0.05) is 37.0 Å². The lowest BCUT2D eigenvalue weighted by Crippen LogP contribution is -2.25. The van der Waals surface area contributed by atoms with Crippen LogP contribution in [0.5, 0.6) is 0 Å². The summed E-state index contributed by atoms with van der Waals surface area (Å²) in [4.78, 5) is 11.7. The molecule has 6 heteroatoms. The van der Waals surface area contributed by atoms with Crippen LogP contribution in [0.3, 0.4) is 0 Å². The normalized spacial score (nSPS) is 10.6. The van der Waals surface area contributed by atoms with Gasteiger partial charge < -0.3 is 5.32 Å². The van der Waals surface area contributed by atoms with Crippen LogP contribution in [0.2, 0.25) is 10.3 Å². The van der Waals surface area contributed by atoms with Gasteiger partial charge in [0.15, 0.2) is 10.3 Å². The van der Waals surface area contributed by atoms with Gasteiger partial charge in [-0.15, -0.1) is 10.2 Å². The quantitative estimate of drug-likeness (QED) is 0.841. The maximum Gasteiger partial charge on any atom is 0.254 e. The number of carbonyl (C=O) groups excluding carboxylic acids is 1. The van der Waals surface area contributed by atoms with Crippen LogP contribution >= 0.6 is 23.2 Å². The first kappa shape index (κ1) is 14.2. The van der Waals surface area contributed by atoms with Gasteiger partial charge in [-0.2, -0.15) is 0 Å². The summed E-state index contributed by atoms with van der Waals surface area (Å²) in [6.07, 6.45) is 2.01. The molecule has 0 aliphatic rings. The third-order valence-electron chi connectivity index (χ3n) is 2.21. The van der Waals surface area contributed by atoms with Crippen LogP contribution < -0.4 is 5.32 Å². The summed E-state index contributed by atoms with van der Waals surface area (Å²) in [5.41, 5.74) is 0.260. The van der Waals surface area contributed by atoms with Gasteiger partial charge in [-0.3, -0.25) is 4.79 Å². The molecule has 0 bridgehead atoms. The fourth-order valence-corrected chi connectivity index (χ4v) is 1.64. The van der Waals surface area contributed by atoms with E-state index in [1.54, 1.807) is 0 Å². The zero-order chi connectivity index (χ0) is 12.8. The fraction of sp³-hybridized carbons (Fsp3) is 0.545. The largest absolute Gasteiger partial charge is 0.352 e. The predicted molar refractivity (Wildman–Crippen MR) is 68.5 cm³/mol. The summed E-state index contributed by atoms with van der Waals surface area (Å²) in [7, 11) is 0. The first-order valence-corrected chi connectivity index (χ1v) is 6.23. The van der Waals surface area contributed by atoms with Gasteiger partial charge >= 0.3 is 0 Å². The van der Waals surface area contributed by atoms with Gasteiger partial charge in [-0.25, -0.2) is 0 Å². The van der Waals surface area contributed by atoms with Gasteiger partial charge in [0.05, 0.1) is 5.56 Å². The minimum absolute atomic E-state index is 0.0655. The summed E-state index contributed by atoms with van der Waals surface area (Å²) < 4.78 is 0. The van der Waals surface area contributed by atoms with Crippen molar-refractivity contribution in [1.29, 1.82) is 0 Å². The summed E-state index contributed by atoms with van der Waals surface area (Å²) in [5, 5.41) is 10.1. The fourth-order valence-electron chi connectivity index (χ4n) is 1.32. The number of nitrogens with one attached hydrogen (secondary N) is 1. The van der Waals surface area contributed by atoms with Crippen molar-refractivity contribution >= 4 is 29.1 Å². The van der Waals surface area contributed by atoms with Crippen molar-refractivity contribution in [3.05, 3.63) is 21.9 Å². The maximum atomic E-state index is 11.7. The van der Waals surface area contributed by atoms with Gasteiger partial charge in [0, 0.05) is 6.54 Å².